The van der Waals surface area contributed by atoms with E-state index in [1.54, 1.807) is 23.5 Å². The van der Waals surface area contributed by atoms with E-state index in [4.69, 9.17) is 0 Å². The topological polar surface area (TPSA) is 55.2 Å². The van der Waals surface area contributed by atoms with Gasteiger partial charge in [0, 0.05) is 23.5 Å². The Morgan fingerprint density at radius 2 is 2.26 bits per heavy atom. The fraction of sp³-hybridized carbons (Fsp3) is 0.231. The number of benzene rings is 1. The van der Waals surface area contributed by atoms with Crippen molar-refractivity contribution in [1.29, 1.82) is 0 Å². The summed E-state index contributed by atoms with van der Waals surface area (Å²) in [6.45, 7) is 2.69. The lowest BCUT2D eigenvalue weighted by molar-refractivity contribution is -0.385. The van der Waals surface area contributed by atoms with E-state index in [9.17, 15) is 10.1 Å². The Morgan fingerprint density at radius 3 is 2.89 bits per heavy atom. The molecule has 1 aromatic heterocycles. The van der Waals surface area contributed by atoms with Crippen molar-refractivity contribution in [2.45, 2.75) is 19.5 Å². The highest BCUT2D eigenvalue weighted by Crippen LogP contribution is 2.26. The molecule has 0 aliphatic rings. The van der Waals surface area contributed by atoms with Crippen molar-refractivity contribution in [3.8, 4) is 0 Å². The van der Waals surface area contributed by atoms with E-state index in [-0.39, 0.29) is 16.7 Å². The number of nitro groups is 1. The third kappa shape index (κ3) is 3.62. The van der Waals surface area contributed by atoms with E-state index in [2.05, 4.69) is 34.2 Å². The molecular weight excluding hydrogens is 328 g/mol. The maximum atomic E-state index is 10.9. The number of rotatable bonds is 5. The lowest BCUT2D eigenvalue weighted by Gasteiger charge is -2.12. The van der Waals surface area contributed by atoms with Crippen molar-refractivity contribution >= 4 is 33.0 Å². The summed E-state index contributed by atoms with van der Waals surface area (Å²) in [6, 6.07) is 9.52. The number of nitrogens with zero attached hydrogens (tertiary/aromatic N) is 1. The van der Waals surface area contributed by atoms with Gasteiger partial charge in [0.1, 0.15) is 0 Å². The molecule has 0 unspecified atom stereocenters. The van der Waals surface area contributed by atoms with Gasteiger partial charge in [-0.1, -0.05) is 12.1 Å². The molecule has 4 nitrogen and oxygen atoms in total. The van der Waals surface area contributed by atoms with E-state index >= 15 is 0 Å². The number of thiophene rings is 1. The van der Waals surface area contributed by atoms with E-state index in [1.807, 2.05) is 17.5 Å². The summed E-state index contributed by atoms with van der Waals surface area (Å²) in [5.41, 5.74) is 1.00. The molecule has 0 radical (unpaired) electrons. The van der Waals surface area contributed by atoms with Crippen LogP contribution in [0.4, 0.5) is 5.69 Å². The number of hydrogen-bond donors (Lipinski definition) is 1. The summed E-state index contributed by atoms with van der Waals surface area (Å²) in [4.78, 5) is 11.7. The van der Waals surface area contributed by atoms with Crippen LogP contribution in [-0.4, -0.2) is 4.92 Å². The van der Waals surface area contributed by atoms with Crippen LogP contribution in [0.5, 0.6) is 0 Å². The number of nitro benzene ring substituents is 1. The molecule has 2 rings (SSSR count). The highest BCUT2D eigenvalue weighted by molar-refractivity contribution is 9.10. The van der Waals surface area contributed by atoms with Gasteiger partial charge in [-0.2, -0.15) is 0 Å². The summed E-state index contributed by atoms with van der Waals surface area (Å²) in [5, 5.41) is 16.3. The lowest BCUT2D eigenvalue weighted by Crippen LogP contribution is -2.17. The van der Waals surface area contributed by atoms with Gasteiger partial charge in [0.15, 0.2) is 0 Å². The molecule has 1 aromatic carbocycles. The van der Waals surface area contributed by atoms with Gasteiger partial charge in [0.2, 0.25) is 0 Å². The molecule has 1 N–H and O–H groups in total. The van der Waals surface area contributed by atoms with Crippen molar-refractivity contribution in [2.75, 3.05) is 0 Å². The molecule has 1 heterocycles. The van der Waals surface area contributed by atoms with Crippen LogP contribution in [0.2, 0.25) is 0 Å². The maximum Gasteiger partial charge on any atom is 0.283 e. The minimum atomic E-state index is -0.379. The molecule has 0 amide bonds. The number of halogens is 1. The zero-order valence-corrected chi connectivity index (χ0v) is 12.7. The summed E-state index contributed by atoms with van der Waals surface area (Å²) < 4.78 is 0.507. The van der Waals surface area contributed by atoms with E-state index < -0.39 is 0 Å². The molecule has 0 aliphatic heterocycles. The van der Waals surface area contributed by atoms with Crippen molar-refractivity contribution in [3.05, 3.63) is 60.7 Å². The molecule has 19 heavy (non-hydrogen) atoms. The minimum absolute atomic E-state index is 0.100. The normalized spacial score (nSPS) is 12.3. The maximum absolute atomic E-state index is 10.9. The Balaban J connectivity index is 2.04. The highest BCUT2D eigenvalue weighted by atomic mass is 79.9. The van der Waals surface area contributed by atoms with Gasteiger partial charge in [0.05, 0.1) is 9.40 Å². The number of nitrogens with one attached hydrogen (secondary N) is 1. The van der Waals surface area contributed by atoms with Crippen LogP contribution in [0.1, 0.15) is 23.4 Å². The van der Waals surface area contributed by atoms with Gasteiger partial charge in [-0.15, -0.1) is 11.3 Å². The van der Waals surface area contributed by atoms with E-state index in [0.29, 0.717) is 11.0 Å². The summed E-state index contributed by atoms with van der Waals surface area (Å²) >= 11 is 4.88. The Hall–Kier alpha value is -1.24. The van der Waals surface area contributed by atoms with Gasteiger partial charge in [-0.3, -0.25) is 10.1 Å². The first-order valence-electron chi connectivity index (χ1n) is 5.77. The first kappa shape index (κ1) is 14.2. The first-order valence-corrected chi connectivity index (χ1v) is 7.45. The molecule has 0 aliphatic carbocycles. The van der Waals surface area contributed by atoms with Crippen LogP contribution in [0.25, 0.3) is 0 Å². The van der Waals surface area contributed by atoms with Crippen LogP contribution in [0.3, 0.4) is 0 Å². The summed E-state index contributed by atoms with van der Waals surface area (Å²) in [5.74, 6) is 0. The Kier molecular flexibility index (Phi) is 4.68. The van der Waals surface area contributed by atoms with Gasteiger partial charge in [0.25, 0.3) is 5.69 Å². The molecule has 6 heteroatoms. The van der Waals surface area contributed by atoms with Crippen LogP contribution in [0, 0.1) is 10.1 Å². The van der Waals surface area contributed by atoms with Crippen molar-refractivity contribution in [3.63, 3.8) is 0 Å². The fourth-order valence-corrected chi connectivity index (χ4v) is 2.87. The summed E-state index contributed by atoms with van der Waals surface area (Å²) in [6.07, 6.45) is 0. The fourth-order valence-electron chi connectivity index (χ4n) is 1.72. The largest absolute Gasteiger partial charge is 0.305 e. The third-order valence-electron chi connectivity index (χ3n) is 2.79. The first-order chi connectivity index (χ1) is 9.08. The lowest BCUT2D eigenvalue weighted by atomic mass is 10.2. The van der Waals surface area contributed by atoms with E-state index in [1.165, 1.54) is 4.88 Å². The van der Waals surface area contributed by atoms with Crippen LogP contribution in [-0.2, 0) is 6.54 Å². The van der Waals surface area contributed by atoms with E-state index in [0.717, 1.165) is 5.56 Å². The zero-order chi connectivity index (χ0) is 13.8. The van der Waals surface area contributed by atoms with Crippen LogP contribution in [0.15, 0.2) is 40.2 Å². The van der Waals surface area contributed by atoms with Crippen LogP contribution >= 0.6 is 27.3 Å². The zero-order valence-electron chi connectivity index (χ0n) is 10.3. The van der Waals surface area contributed by atoms with Gasteiger partial charge in [-0.05, 0) is 45.9 Å². The SMILES string of the molecule is C[C@@H](NCc1ccc(Br)c([N+](=O)[O-])c1)c1cccs1. The highest BCUT2D eigenvalue weighted by Gasteiger charge is 2.13. The predicted octanol–water partition coefficient (Wildman–Crippen LogP) is 4.27. The molecule has 0 saturated heterocycles. The molecule has 100 valence electrons. The monoisotopic (exact) mass is 340 g/mol. The summed E-state index contributed by atoms with van der Waals surface area (Å²) in [7, 11) is 0. The molecule has 1 atom stereocenters. The second-order valence-corrected chi connectivity index (χ2v) is 5.99. The molecule has 2 aromatic rings. The average molecular weight is 341 g/mol. The average Bonchev–Trinajstić information content (AvgIpc) is 2.91. The van der Waals surface area contributed by atoms with Gasteiger partial charge < -0.3 is 5.32 Å². The second kappa shape index (κ2) is 6.27. The third-order valence-corrected chi connectivity index (χ3v) is 4.52. The molecule has 0 bridgehead atoms. The predicted molar refractivity (Wildman–Crippen MR) is 80.4 cm³/mol. The Labute approximate surface area is 123 Å². The van der Waals surface area contributed by atoms with Crippen LogP contribution < -0.4 is 5.32 Å². The molecule has 0 saturated carbocycles. The standard InChI is InChI=1S/C13H13BrN2O2S/c1-9(13-3-2-6-19-13)15-8-10-4-5-11(14)12(7-10)16(17)18/h2-7,9,15H,8H2,1H3/t9-/m1/s1. The smallest absolute Gasteiger partial charge is 0.283 e. The molecule has 0 spiro atoms. The quantitative estimate of drug-likeness (QED) is 0.653. The molecular formula is C13H13BrN2O2S. The minimum Gasteiger partial charge on any atom is -0.305 e. The Morgan fingerprint density at radius 1 is 1.47 bits per heavy atom. The second-order valence-electron chi connectivity index (χ2n) is 4.16. The molecule has 0 fully saturated rings. The van der Waals surface area contributed by atoms with Crippen molar-refractivity contribution in [2.24, 2.45) is 0 Å². The van der Waals surface area contributed by atoms with Crippen molar-refractivity contribution < 1.29 is 4.92 Å². The number of hydrogen-bond acceptors (Lipinski definition) is 4. The van der Waals surface area contributed by atoms with Crippen molar-refractivity contribution in [1.82, 2.24) is 5.32 Å². The van der Waals surface area contributed by atoms with Gasteiger partial charge >= 0.3 is 0 Å². The van der Waals surface area contributed by atoms with Gasteiger partial charge in [-0.25, -0.2) is 0 Å². The Bertz CT molecular complexity index is 572.